The molecular weight excluding hydrogens is 1110 g/mol. The lowest BCUT2D eigenvalue weighted by atomic mass is 10.1. The van der Waals surface area contributed by atoms with E-state index in [1.165, 1.54) is 34.1 Å². The van der Waals surface area contributed by atoms with Crippen molar-refractivity contribution >= 4 is 82.2 Å². The van der Waals surface area contributed by atoms with E-state index < -0.39 is 109 Å². The van der Waals surface area contributed by atoms with Gasteiger partial charge in [0.25, 0.3) is 17.4 Å². The molecule has 0 aliphatic carbocycles. The second kappa shape index (κ2) is 32.7. The standard InChI is InChI=1S/C49H61F3N14O17/c50-49(51,52)47(82)66(24-30-20-58-42-41(59-30)44(77)63-48(53)62-42)31-8-6-29(7-9-31)43(76)61-33(45(78)79)3-1-2-12-56-37(69)27-83-32-10-4-28(5-11-32)19-34(46(80)81)60-36(68)22-57-35(67)21-54-13-15-64(25-39(72)73)17-18-65(26-40(74)75)16-14-55-23-38(70)71/h4-11,20,33-34,54-55H,1-3,12-19,21-27H2,(H,56,69)(H,57,67)(H,60,68)(H,61,76)(H,70,71)(H,72,73)(H,74,75)(H,78,79)(H,80,81)(H3,53,58,62,63,77)/t33-,34-/m0/s1. The van der Waals surface area contributed by atoms with Crippen LogP contribution in [0.15, 0.2) is 59.5 Å². The lowest BCUT2D eigenvalue weighted by Gasteiger charge is -2.26. The van der Waals surface area contributed by atoms with Crippen LogP contribution in [0.25, 0.3) is 11.2 Å². The molecular formula is C49H61F3N14O17. The van der Waals surface area contributed by atoms with Crippen molar-refractivity contribution in [2.24, 2.45) is 0 Å². The smallest absolute Gasteiger partial charge is 0.471 e. The van der Waals surface area contributed by atoms with Crippen LogP contribution in [0.5, 0.6) is 5.75 Å². The monoisotopic (exact) mass is 1170 g/mol. The van der Waals surface area contributed by atoms with Crippen LogP contribution in [0.1, 0.15) is 40.9 Å². The van der Waals surface area contributed by atoms with E-state index >= 15 is 0 Å². The van der Waals surface area contributed by atoms with E-state index in [4.69, 9.17) is 15.6 Å². The Morgan fingerprint density at radius 1 is 0.675 bits per heavy atom. The number of carboxylic acids is 5. The van der Waals surface area contributed by atoms with Crippen molar-refractivity contribution < 1.29 is 91.4 Å². The van der Waals surface area contributed by atoms with Gasteiger partial charge in [-0.2, -0.15) is 18.2 Å². The highest BCUT2D eigenvalue weighted by atomic mass is 19.4. The average molecular weight is 1180 g/mol. The van der Waals surface area contributed by atoms with E-state index in [0.717, 1.165) is 30.5 Å². The Morgan fingerprint density at radius 3 is 1.87 bits per heavy atom. The SMILES string of the molecule is Nc1nc2ncc(CN(C(=O)C(F)(F)F)c3ccc(C(=O)N[C@@H](CCCCNC(=O)COc4ccc(C[C@H](NC(=O)CNC(=O)CNCCN(CCN(CCNCC(=O)O)CC(=O)O)CC(=O)O)C(=O)O)cc4)C(=O)O)cc3)nc2c(=O)[nH]1. The number of nitrogens with one attached hydrogen (secondary N) is 7. The van der Waals surface area contributed by atoms with E-state index in [9.17, 15) is 86.3 Å². The third kappa shape index (κ3) is 24.1. The first-order valence-corrected chi connectivity index (χ1v) is 25.1. The lowest BCUT2D eigenvalue weighted by Crippen LogP contribution is -2.48. The van der Waals surface area contributed by atoms with Crippen LogP contribution in [0.3, 0.4) is 0 Å². The molecule has 14 N–H and O–H groups in total. The number of benzene rings is 2. The minimum atomic E-state index is -5.35. The van der Waals surface area contributed by atoms with Crippen LogP contribution in [-0.2, 0) is 56.1 Å². The highest BCUT2D eigenvalue weighted by Crippen LogP contribution is 2.26. The lowest BCUT2D eigenvalue weighted by molar-refractivity contribution is -0.170. The fraction of sp³-hybridized carbons (Fsp3) is 0.429. The van der Waals surface area contributed by atoms with E-state index in [1.54, 1.807) is 0 Å². The highest BCUT2D eigenvalue weighted by molar-refractivity contribution is 5.99. The van der Waals surface area contributed by atoms with E-state index in [1.807, 2.05) is 0 Å². The number of fused-ring (bicyclic) bond motifs is 1. The normalized spacial score (nSPS) is 12.0. The summed E-state index contributed by atoms with van der Waals surface area (Å²) in [6, 6.07) is 7.29. The summed E-state index contributed by atoms with van der Waals surface area (Å²) >= 11 is 0. The van der Waals surface area contributed by atoms with Crippen molar-refractivity contribution in [2.75, 3.05) is 95.8 Å². The number of aliphatic carboxylic acids is 5. The first-order chi connectivity index (χ1) is 39.3. The zero-order valence-electron chi connectivity index (χ0n) is 44.1. The summed E-state index contributed by atoms with van der Waals surface area (Å²) < 4.78 is 46.5. The first kappa shape index (κ1) is 66.1. The Labute approximate surface area is 468 Å². The molecule has 0 spiro atoms. The van der Waals surface area contributed by atoms with Gasteiger partial charge >= 0.3 is 41.9 Å². The molecule has 83 heavy (non-hydrogen) atoms. The molecule has 4 rings (SSSR count). The van der Waals surface area contributed by atoms with Crippen LogP contribution < -0.4 is 52.8 Å². The van der Waals surface area contributed by atoms with E-state index in [-0.39, 0.29) is 131 Å². The predicted molar refractivity (Wildman–Crippen MR) is 282 cm³/mol. The molecule has 34 heteroatoms. The van der Waals surface area contributed by atoms with Crippen LogP contribution in [0.4, 0.5) is 24.8 Å². The maximum atomic E-state index is 13.7. The van der Waals surface area contributed by atoms with Crippen molar-refractivity contribution in [1.82, 2.24) is 61.6 Å². The molecule has 4 aromatic rings. The van der Waals surface area contributed by atoms with Crippen molar-refractivity contribution in [3.63, 3.8) is 0 Å². The van der Waals surface area contributed by atoms with Gasteiger partial charge < -0.3 is 67.9 Å². The molecule has 0 saturated carbocycles. The molecule has 0 radical (unpaired) electrons. The number of anilines is 2. The number of H-pyrrole nitrogens is 1. The predicted octanol–water partition coefficient (Wildman–Crippen LogP) is -2.80. The Hall–Kier alpha value is -9.41. The molecule has 31 nitrogen and oxygen atoms in total. The molecule has 0 aliphatic rings. The number of amides is 5. The minimum Gasteiger partial charge on any atom is -0.484 e. The number of aromatic amines is 1. The van der Waals surface area contributed by atoms with Crippen molar-refractivity contribution in [2.45, 2.75) is 50.5 Å². The van der Waals surface area contributed by atoms with Crippen LogP contribution >= 0.6 is 0 Å². The number of rotatable bonds is 37. The number of halogens is 3. The maximum Gasteiger partial charge on any atom is 0.471 e. The fourth-order valence-corrected chi connectivity index (χ4v) is 7.56. The Kier molecular flexibility index (Phi) is 26.1. The van der Waals surface area contributed by atoms with Gasteiger partial charge in [-0.05, 0) is 61.2 Å². The molecule has 2 aromatic carbocycles. The highest BCUT2D eigenvalue weighted by Gasteiger charge is 2.43. The number of nitrogens with zero attached hydrogens (tertiary/aromatic N) is 6. The molecule has 0 saturated heterocycles. The largest absolute Gasteiger partial charge is 0.484 e. The summed E-state index contributed by atoms with van der Waals surface area (Å²) in [7, 11) is 0. The number of carboxylic acid groups (broad SMARTS) is 5. The molecule has 0 aliphatic heterocycles. The summed E-state index contributed by atoms with van der Waals surface area (Å²) in [6.45, 7) is -2.21. The van der Waals surface area contributed by atoms with Gasteiger partial charge in [0, 0.05) is 63.5 Å². The summed E-state index contributed by atoms with van der Waals surface area (Å²) in [6.07, 6.45) is -4.15. The quantitative estimate of drug-likeness (QED) is 0.0203. The Balaban J connectivity index is 1.14. The van der Waals surface area contributed by atoms with Crippen LogP contribution in [-0.4, -0.2) is 218 Å². The third-order valence-corrected chi connectivity index (χ3v) is 11.6. The van der Waals surface area contributed by atoms with Crippen LogP contribution in [0, 0.1) is 0 Å². The van der Waals surface area contributed by atoms with Gasteiger partial charge in [0.05, 0.1) is 51.2 Å². The number of alkyl halides is 3. The number of nitrogens with two attached hydrogens (primary N) is 1. The summed E-state index contributed by atoms with van der Waals surface area (Å²) in [5, 5.41) is 61.9. The summed E-state index contributed by atoms with van der Waals surface area (Å²) in [5.74, 6) is -11.4. The number of hydrogen-bond donors (Lipinski definition) is 13. The molecule has 2 aromatic heterocycles. The Bertz CT molecular complexity index is 2990. The average Bonchev–Trinajstić information content (AvgIpc) is 3.46. The summed E-state index contributed by atoms with van der Waals surface area (Å²) in [5.41, 5.74) is 3.86. The molecule has 0 fully saturated rings. The fourth-order valence-electron chi connectivity index (χ4n) is 7.56. The Morgan fingerprint density at radius 2 is 1.29 bits per heavy atom. The van der Waals surface area contributed by atoms with Gasteiger partial charge in [0.1, 0.15) is 17.8 Å². The topological polar surface area (TPSA) is 461 Å². The third-order valence-electron chi connectivity index (χ3n) is 11.6. The first-order valence-electron chi connectivity index (χ1n) is 25.1. The van der Waals surface area contributed by atoms with Gasteiger partial charge in [-0.3, -0.25) is 62.8 Å². The number of carbonyl (C=O) groups is 10. The molecule has 0 unspecified atom stereocenters. The van der Waals surface area contributed by atoms with Crippen molar-refractivity contribution in [3.8, 4) is 5.75 Å². The van der Waals surface area contributed by atoms with Crippen molar-refractivity contribution in [1.29, 1.82) is 0 Å². The van der Waals surface area contributed by atoms with Crippen LogP contribution in [0.2, 0.25) is 0 Å². The number of nitrogen functional groups attached to an aromatic ring is 1. The second-order valence-corrected chi connectivity index (χ2v) is 18.1. The molecule has 450 valence electrons. The van der Waals surface area contributed by atoms with E-state index in [2.05, 4.69) is 51.8 Å². The zero-order chi connectivity index (χ0) is 61.2. The van der Waals surface area contributed by atoms with Gasteiger partial charge in [-0.1, -0.05) is 12.1 Å². The van der Waals surface area contributed by atoms with Gasteiger partial charge in [-0.25, -0.2) is 19.6 Å². The number of unbranched alkanes of at least 4 members (excludes halogenated alkanes) is 1. The van der Waals surface area contributed by atoms with Gasteiger partial charge in [-0.15, -0.1) is 0 Å². The number of ether oxygens (including phenoxy) is 1. The number of carbonyl (C=O) groups excluding carboxylic acids is 5. The maximum absolute atomic E-state index is 13.7. The van der Waals surface area contributed by atoms with Gasteiger partial charge in [0.2, 0.25) is 17.8 Å². The molecule has 0 bridgehead atoms. The molecule has 2 heterocycles. The van der Waals surface area contributed by atoms with Crippen molar-refractivity contribution in [3.05, 3.63) is 81.9 Å². The summed E-state index contributed by atoms with van der Waals surface area (Å²) in [4.78, 5) is 150. The van der Waals surface area contributed by atoms with Gasteiger partial charge in [0.15, 0.2) is 17.8 Å². The molecule has 2 atom stereocenters. The number of aromatic nitrogens is 4. The second-order valence-electron chi connectivity index (χ2n) is 18.1. The zero-order valence-corrected chi connectivity index (χ0v) is 44.1. The number of hydrogen-bond acceptors (Lipinski definition) is 20. The minimum absolute atomic E-state index is 0.0843. The molecule has 5 amide bonds. The van der Waals surface area contributed by atoms with E-state index in [0.29, 0.717) is 10.5 Å².